The van der Waals surface area contributed by atoms with Gasteiger partial charge in [-0.15, -0.1) is 0 Å². The maximum Gasteiger partial charge on any atom is 0.323 e. The van der Waals surface area contributed by atoms with Gasteiger partial charge in [0.2, 0.25) is 0 Å². The van der Waals surface area contributed by atoms with E-state index < -0.39 is 33.2 Å². The summed E-state index contributed by atoms with van der Waals surface area (Å²) < 4.78 is 4.97. The largest absolute Gasteiger partial charge is 0.460 e. The average molecular weight is 311 g/mol. The Kier molecular flexibility index (Phi) is 5.93. The standard InChI is InChI=1S/C13H17N3O6/c1-3-8(2)12(14)13(17)22-7-9-4-10(15(18)19)6-11(5-9)16(20)21/h4-6,8,12H,3,7,14H2,1-2H3/t8-,12-/m0/s1. The second-order valence-corrected chi connectivity index (χ2v) is 4.89. The molecule has 0 saturated heterocycles. The summed E-state index contributed by atoms with van der Waals surface area (Å²) in [5, 5.41) is 21.5. The number of ether oxygens (including phenoxy) is 1. The molecule has 0 spiro atoms. The van der Waals surface area contributed by atoms with E-state index >= 15 is 0 Å². The Morgan fingerprint density at radius 1 is 1.23 bits per heavy atom. The van der Waals surface area contributed by atoms with Gasteiger partial charge in [-0.1, -0.05) is 20.3 Å². The molecule has 0 fully saturated rings. The molecular weight excluding hydrogens is 294 g/mol. The zero-order chi connectivity index (χ0) is 16.9. The highest BCUT2D eigenvalue weighted by molar-refractivity contribution is 5.75. The Bertz CT molecular complexity index is 557. The number of nitro groups is 2. The molecule has 0 radical (unpaired) electrons. The molecule has 0 amide bonds. The normalized spacial score (nSPS) is 13.2. The van der Waals surface area contributed by atoms with Crippen LogP contribution in [-0.4, -0.2) is 21.9 Å². The van der Waals surface area contributed by atoms with Crippen molar-refractivity contribution in [3.05, 3.63) is 44.0 Å². The molecule has 22 heavy (non-hydrogen) atoms. The van der Waals surface area contributed by atoms with Gasteiger partial charge >= 0.3 is 5.97 Å². The van der Waals surface area contributed by atoms with E-state index in [1.54, 1.807) is 6.92 Å². The minimum absolute atomic E-state index is 0.0769. The van der Waals surface area contributed by atoms with Crippen LogP contribution in [0.3, 0.4) is 0 Å². The molecule has 1 aromatic carbocycles. The van der Waals surface area contributed by atoms with Gasteiger partial charge in [0.25, 0.3) is 11.4 Å². The van der Waals surface area contributed by atoms with Gasteiger partial charge in [-0.2, -0.15) is 0 Å². The number of nitro benzene ring substituents is 2. The third kappa shape index (κ3) is 4.48. The number of hydrogen-bond donors (Lipinski definition) is 1. The summed E-state index contributed by atoms with van der Waals surface area (Å²) in [6.07, 6.45) is 0.693. The monoisotopic (exact) mass is 311 g/mol. The van der Waals surface area contributed by atoms with Gasteiger partial charge in [0, 0.05) is 17.7 Å². The van der Waals surface area contributed by atoms with Crippen LogP contribution < -0.4 is 5.73 Å². The van der Waals surface area contributed by atoms with E-state index in [0.717, 1.165) is 18.2 Å². The fourth-order valence-corrected chi connectivity index (χ4v) is 1.69. The van der Waals surface area contributed by atoms with Crippen LogP contribution in [0.2, 0.25) is 0 Å². The lowest BCUT2D eigenvalue weighted by Crippen LogP contribution is -2.37. The molecule has 2 atom stereocenters. The summed E-state index contributed by atoms with van der Waals surface area (Å²) >= 11 is 0. The number of carbonyl (C=O) groups excluding carboxylic acids is 1. The number of benzene rings is 1. The molecule has 0 bridgehead atoms. The molecule has 0 heterocycles. The van der Waals surface area contributed by atoms with Crippen molar-refractivity contribution in [3.8, 4) is 0 Å². The van der Waals surface area contributed by atoms with Gasteiger partial charge < -0.3 is 10.5 Å². The number of hydrogen-bond acceptors (Lipinski definition) is 7. The molecule has 1 rings (SSSR count). The first-order chi connectivity index (χ1) is 10.3. The highest BCUT2D eigenvalue weighted by Crippen LogP contribution is 2.23. The van der Waals surface area contributed by atoms with E-state index in [-0.39, 0.29) is 18.1 Å². The predicted octanol–water partition coefficient (Wildman–Crippen LogP) is 1.92. The van der Waals surface area contributed by atoms with Gasteiger partial charge in [0.05, 0.1) is 15.9 Å². The topological polar surface area (TPSA) is 139 Å². The van der Waals surface area contributed by atoms with Crippen LogP contribution in [0.5, 0.6) is 0 Å². The van der Waals surface area contributed by atoms with Gasteiger partial charge in [-0.05, 0) is 5.92 Å². The fourth-order valence-electron chi connectivity index (χ4n) is 1.69. The summed E-state index contributed by atoms with van der Waals surface area (Å²) in [5.74, 6) is -0.726. The van der Waals surface area contributed by atoms with Crippen molar-refractivity contribution in [2.45, 2.75) is 32.9 Å². The third-order valence-corrected chi connectivity index (χ3v) is 3.29. The lowest BCUT2D eigenvalue weighted by molar-refractivity contribution is -0.394. The molecule has 0 aliphatic carbocycles. The first-order valence-corrected chi connectivity index (χ1v) is 6.61. The fraction of sp³-hybridized carbons (Fsp3) is 0.462. The molecule has 0 unspecified atom stereocenters. The molecule has 0 saturated carbocycles. The Balaban J connectivity index is 2.87. The van der Waals surface area contributed by atoms with Crippen LogP contribution in [-0.2, 0) is 16.1 Å². The zero-order valence-corrected chi connectivity index (χ0v) is 12.2. The Hall–Kier alpha value is -2.55. The van der Waals surface area contributed by atoms with Crippen molar-refractivity contribution >= 4 is 17.3 Å². The van der Waals surface area contributed by atoms with Crippen LogP contribution in [0, 0.1) is 26.1 Å². The number of nitrogens with two attached hydrogens (primary N) is 1. The van der Waals surface area contributed by atoms with Gasteiger partial charge in [0.15, 0.2) is 0 Å². The average Bonchev–Trinajstić information content (AvgIpc) is 2.50. The summed E-state index contributed by atoms with van der Waals surface area (Å²) in [5.41, 5.74) is 4.98. The zero-order valence-electron chi connectivity index (χ0n) is 12.2. The highest BCUT2D eigenvalue weighted by atomic mass is 16.6. The van der Waals surface area contributed by atoms with Crippen LogP contribution in [0.15, 0.2) is 18.2 Å². The minimum atomic E-state index is -0.807. The van der Waals surface area contributed by atoms with E-state index in [4.69, 9.17) is 10.5 Å². The maximum atomic E-state index is 11.7. The number of carbonyl (C=O) groups is 1. The van der Waals surface area contributed by atoms with Crippen LogP contribution in [0.25, 0.3) is 0 Å². The van der Waals surface area contributed by atoms with Crippen molar-refractivity contribution < 1.29 is 19.4 Å². The first kappa shape index (κ1) is 17.5. The summed E-state index contributed by atoms with van der Waals surface area (Å²) in [7, 11) is 0. The second-order valence-electron chi connectivity index (χ2n) is 4.89. The van der Waals surface area contributed by atoms with Crippen molar-refractivity contribution in [1.82, 2.24) is 0 Å². The lowest BCUT2D eigenvalue weighted by Gasteiger charge is -2.16. The molecule has 9 heteroatoms. The number of non-ortho nitro benzene ring substituents is 2. The van der Waals surface area contributed by atoms with E-state index in [1.165, 1.54) is 0 Å². The molecule has 0 aliphatic heterocycles. The first-order valence-electron chi connectivity index (χ1n) is 6.61. The second kappa shape index (κ2) is 7.46. The molecule has 0 aromatic heterocycles. The molecule has 120 valence electrons. The van der Waals surface area contributed by atoms with Gasteiger partial charge in [0.1, 0.15) is 12.6 Å². The minimum Gasteiger partial charge on any atom is -0.460 e. The molecule has 2 N–H and O–H groups in total. The number of rotatable bonds is 7. The summed E-state index contributed by atoms with van der Waals surface area (Å²) in [6.45, 7) is 3.36. The predicted molar refractivity (Wildman–Crippen MR) is 77.0 cm³/mol. The summed E-state index contributed by atoms with van der Waals surface area (Å²) in [4.78, 5) is 31.8. The van der Waals surface area contributed by atoms with E-state index in [0.29, 0.717) is 6.42 Å². The SMILES string of the molecule is CC[C@H](C)[C@H](N)C(=O)OCc1cc([N+](=O)[O-])cc([N+](=O)[O-])c1. The third-order valence-electron chi connectivity index (χ3n) is 3.29. The number of esters is 1. The van der Waals surface area contributed by atoms with Crippen molar-refractivity contribution in [2.75, 3.05) is 0 Å². The number of nitrogens with zero attached hydrogens (tertiary/aromatic N) is 2. The van der Waals surface area contributed by atoms with Crippen molar-refractivity contribution in [2.24, 2.45) is 11.7 Å². The Labute approximate surface area is 126 Å². The Morgan fingerprint density at radius 3 is 2.14 bits per heavy atom. The van der Waals surface area contributed by atoms with Crippen LogP contribution >= 0.6 is 0 Å². The molecule has 0 aliphatic rings. The van der Waals surface area contributed by atoms with Crippen molar-refractivity contribution in [1.29, 1.82) is 0 Å². The Morgan fingerprint density at radius 2 is 1.73 bits per heavy atom. The van der Waals surface area contributed by atoms with Crippen molar-refractivity contribution in [3.63, 3.8) is 0 Å². The lowest BCUT2D eigenvalue weighted by atomic mass is 10.0. The molecular formula is C13H17N3O6. The van der Waals surface area contributed by atoms with E-state index in [9.17, 15) is 25.0 Å². The van der Waals surface area contributed by atoms with Crippen LogP contribution in [0.1, 0.15) is 25.8 Å². The van der Waals surface area contributed by atoms with Crippen LogP contribution in [0.4, 0.5) is 11.4 Å². The highest BCUT2D eigenvalue weighted by Gasteiger charge is 2.22. The molecule has 1 aromatic rings. The van der Waals surface area contributed by atoms with Gasteiger partial charge in [-0.3, -0.25) is 25.0 Å². The quantitative estimate of drug-likeness (QED) is 0.461. The maximum absolute atomic E-state index is 11.7. The smallest absolute Gasteiger partial charge is 0.323 e. The van der Waals surface area contributed by atoms with E-state index in [2.05, 4.69) is 0 Å². The van der Waals surface area contributed by atoms with E-state index in [1.807, 2.05) is 6.92 Å². The summed E-state index contributed by atoms with van der Waals surface area (Å²) in [6, 6.07) is 2.28. The van der Waals surface area contributed by atoms with Gasteiger partial charge in [-0.25, -0.2) is 0 Å². The molecule has 9 nitrogen and oxygen atoms in total.